The second kappa shape index (κ2) is 2.42. The monoisotopic (exact) mass is 157 g/mol. The van der Waals surface area contributed by atoms with Crippen LogP contribution in [0.5, 0.6) is 0 Å². The Labute approximate surface area is 68.2 Å². The van der Waals surface area contributed by atoms with Gasteiger partial charge in [0.2, 0.25) is 0 Å². The summed E-state index contributed by atoms with van der Waals surface area (Å²) in [5, 5.41) is 0.689. The number of fused-ring (bicyclic) bond motifs is 2. The fourth-order valence-corrected chi connectivity index (χ4v) is 2.87. The first kappa shape index (κ1) is 6.99. The summed E-state index contributed by atoms with van der Waals surface area (Å²) in [5.41, 5.74) is 0. The molecule has 0 aromatic heterocycles. The highest BCUT2D eigenvalue weighted by molar-refractivity contribution is 7.80. The van der Waals surface area contributed by atoms with Crippen LogP contribution in [0.25, 0.3) is 0 Å². The highest BCUT2D eigenvalue weighted by atomic mass is 32.1. The van der Waals surface area contributed by atoms with Gasteiger partial charge in [0, 0.05) is 17.3 Å². The number of nitrogens with zero attached hydrogens (tertiary/aromatic N) is 1. The molecule has 2 bridgehead atoms. The van der Waals surface area contributed by atoms with E-state index in [9.17, 15) is 0 Å². The van der Waals surface area contributed by atoms with E-state index in [2.05, 4.69) is 24.6 Å². The van der Waals surface area contributed by atoms with E-state index in [1.54, 1.807) is 0 Å². The quantitative estimate of drug-likeness (QED) is 0.522. The molecule has 0 aromatic carbocycles. The van der Waals surface area contributed by atoms with Crippen molar-refractivity contribution in [1.29, 1.82) is 0 Å². The lowest BCUT2D eigenvalue weighted by Gasteiger charge is -2.34. The summed E-state index contributed by atoms with van der Waals surface area (Å²) >= 11 is 4.53. The lowest BCUT2D eigenvalue weighted by Crippen LogP contribution is -2.40. The fraction of sp³-hybridized carbons (Fsp3) is 1.00. The van der Waals surface area contributed by atoms with Crippen molar-refractivity contribution in [3.05, 3.63) is 0 Å². The molecule has 2 saturated heterocycles. The fourth-order valence-electron chi connectivity index (χ4n) is 2.38. The van der Waals surface area contributed by atoms with Gasteiger partial charge < -0.3 is 4.90 Å². The number of rotatable bonds is 0. The SMILES string of the molecule is CN1[C@@H]2CC[C@H]1C[C@H](S)C2. The Balaban J connectivity index is 2.09. The molecule has 58 valence electrons. The molecule has 2 aliphatic heterocycles. The molecule has 0 N–H and O–H groups in total. The molecule has 0 radical (unpaired) electrons. The van der Waals surface area contributed by atoms with Crippen molar-refractivity contribution in [1.82, 2.24) is 4.90 Å². The van der Waals surface area contributed by atoms with Gasteiger partial charge in [0.05, 0.1) is 0 Å². The highest BCUT2D eigenvalue weighted by Crippen LogP contribution is 2.35. The zero-order valence-electron chi connectivity index (χ0n) is 6.45. The zero-order valence-corrected chi connectivity index (χ0v) is 7.35. The van der Waals surface area contributed by atoms with Crippen LogP contribution in [0.4, 0.5) is 0 Å². The van der Waals surface area contributed by atoms with E-state index in [0.29, 0.717) is 5.25 Å². The zero-order chi connectivity index (χ0) is 7.14. The highest BCUT2D eigenvalue weighted by Gasteiger charge is 2.36. The lowest BCUT2D eigenvalue weighted by atomic mass is 10.0. The molecule has 3 atom stereocenters. The maximum atomic E-state index is 4.53. The molecule has 0 saturated carbocycles. The van der Waals surface area contributed by atoms with Crippen LogP contribution in [0.1, 0.15) is 25.7 Å². The second-order valence-corrected chi connectivity index (χ2v) is 4.41. The normalized spacial score (nSPS) is 48.0. The summed E-state index contributed by atoms with van der Waals surface area (Å²) in [7, 11) is 2.27. The molecule has 0 spiro atoms. The predicted molar refractivity (Wildman–Crippen MR) is 46.6 cm³/mol. The van der Waals surface area contributed by atoms with Crippen molar-refractivity contribution in [2.75, 3.05) is 7.05 Å². The van der Waals surface area contributed by atoms with Crippen LogP contribution in [-0.2, 0) is 0 Å². The summed E-state index contributed by atoms with van der Waals surface area (Å²) in [6.45, 7) is 0. The van der Waals surface area contributed by atoms with Crippen LogP contribution in [0.2, 0.25) is 0 Å². The molecule has 2 heteroatoms. The maximum absolute atomic E-state index is 4.53. The van der Waals surface area contributed by atoms with Gasteiger partial charge in [-0.2, -0.15) is 12.6 Å². The molecule has 0 unspecified atom stereocenters. The average molecular weight is 157 g/mol. The van der Waals surface area contributed by atoms with E-state index in [1.165, 1.54) is 25.7 Å². The smallest absolute Gasteiger partial charge is 0.0106 e. The third kappa shape index (κ3) is 0.978. The molecule has 1 nitrogen and oxygen atoms in total. The predicted octanol–water partition coefficient (Wildman–Crippen LogP) is 1.54. The topological polar surface area (TPSA) is 3.24 Å². The van der Waals surface area contributed by atoms with Gasteiger partial charge in [0.15, 0.2) is 0 Å². The molecular formula is C8H15NS. The van der Waals surface area contributed by atoms with Gasteiger partial charge in [-0.3, -0.25) is 0 Å². The molecule has 2 heterocycles. The van der Waals surface area contributed by atoms with Crippen molar-refractivity contribution in [2.24, 2.45) is 0 Å². The minimum atomic E-state index is 0.689. The van der Waals surface area contributed by atoms with Crippen LogP contribution in [0, 0.1) is 0 Å². The molecule has 0 aliphatic carbocycles. The van der Waals surface area contributed by atoms with Gasteiger partial charge in [-0.05, 0) is 32.7 Å². The lowest BCUT2D eigenvalue weighted by molar-refractivity contribution is 0.183. The summed E-state index contributed by atoms with van der Waals surface area (Å²) in [6, 6.07) is 1.72. The minimum absolute atomic E-state index is 0.689. The molecular weight excluding hydrogens is 142 g/mol. The van der Waals surface area contributed by atoms with E-state index in [0.717, 1.165) is 12.1 Å². The van der Waals surface area contributed by atoms with Gasteiger partial charge in [-0.1, -0.05) is 0 Å². The third-order valence-corrected chi connectivity index (χ3v) is 3.49. The Bertz CT molecular complexity index is 123. The van der Waals surface area contributed by atoms with Crippen molar-refractivity contribution in [2.45, 2.75) is 43.0 Å². The van der Waals surface area contributed by atoms with Crippen LogP contribution < -0.4 is 0 Å². The number of thiol groups is 1. The van der Waals surface area contributed by atoms with Gasteiger partial charge >= 0.3 is 0 Å². The largest absolute Gasteiger partial charge is 0.300 e. The average Bonchev–Trinajstić information content (AvgIpc) is 2.20. The first-order valence-electron chi connectivity index (χ1n) is 4.17. The van der Waals surface area contributed by atoms with Gasteiger partial charge in [0.25, 0.3) is 0 Å². The first-order chi connectivity index (χ1) is 4.77. The Kier molecular flexibility index (Phi) is 1.69. The van der Waals surface area contributed by atoms with E-state index in [4.69, 9.17) is 0 Å². The number of hydrogen-bond donors (Lipinski definition) is 1. The van der Waals surface area contributed by atoms with Crippen molar-refractivity contribution in [3.63, 3.8) is 0 Å². The van der Waals surface area contributed by atoms with Crippen LogP contribution in [-0.4, -0.2) is 29.3 Å². The van der Waals surface area contributed by atoms with Gasteiger partial charge in [-0.15, -0.1) is 0 Å². The second-order valence-electron chi connectivity index (χ2n) is 3.68. The Morgan fingerprint density at radius 2 is 1.70 bits per heavy atom. The summed E-state index contributed by atoms with van der Waals surface area (Å²) in [5.74, 6) is 0. The Morgan fingerprint density at radius 3 is 2.20 bits per heavy atom. The van der Waals surface area contributed by atoms with Crippen LogP contribution in [0.3, 0.4) is 0 Å². The summed E-state index contributed by atoms with van der Waals surface area (Å²) in [6.07, 6.45) is 5.46. The Hall–Kier alpha value is 0.310. The standard InChI is InChI=1S/C8H15NS/c1-9-6-2-3-7(9)5-8(10)4-6/h6-8,10H,2-5H2,1H3/t6-,7+,8-. The molecule has 2 fully saturated rings. The van der Waals surface area contributed by atoms with Crippen molar-refractivity contribution >= 4 is 12.6 Å². The van der Waals surface area contributed by atoms with E-state index in [1.807, 2.05) is 0 Å². The van der Waals surface area contributed by atoms with E-state index in [-0.39, 0.29) is 0 Å². The molecule has 0 aromatic rings. The van der Waals surface area contributed by atoms with Crippen molar-refractivity contribution < 1.29 is 0 Å². The number of hydrogen-bond acceptors (Lipinski definition) is 2. The Morgan fingerprint density at radius 1 is 1.20 bits per heavy atom. The molecule has 10 heavy (non-hydrogen) atoms. The molecule has 2 aliphatic rings. The summed E-state index contributed by atoms with van der Waals surface area (Å²) in [4.78, 5) is 2.55. The number of piperidine rings is 1. The third-order valence-electron chi connectivity index (χ3n) is 3.07. The van der Waals surface area contributed by atoms with E-state index >= 15 is 0 Å². The minimum Gasteiger partial charge on any atom is -0.300 e. The van der Waals surface area contributed by atoms with Crippen molar-refractivity contribution in [3.8, 4) is 0 Å². The summed E-state index contributed by atoms with van der Waals surface area (Å²) < 4.78 is 0. The van der Waals surface area contributed by atoms with Crippen LogP contribution in [0.15, 0.2) is 0 Å². The maximum Gasteiger partial charge on any atom is 0.0106 e. The molecule has 0 amide bonds. The first-order valence-corrected chi connectivity index (χ1v) is 4.69. The van der Waals surface area contributed by atoms with Gasteiger partial charge in [0.1, 0.15) is 0 Å². The van der Waals surface area contributed by atoms with E-state index < -0.39 is 0 Å². The molecule has 2 rings (SSSR count). The van der Waals surface area contributed by atoms with Gasteiger partial charge in [-0.25, -0.2) is 0 Å². The van der Waals surface area contributed by atoms with Crippen LogP contribution >= 0.6 is 12.6 Å².